The number of benzene rings is 6. The van der Waals surface area contributed by atoms with E-state index in [0.29, 0.717) is 71.2 Å². The minimum Gasteiger partial charge on any atom is -0.497 e. The number of nitrogens with zero attached hydrogens (tertiary/aromatic N) is 5. The van der Waals surface area contributed by atoms with E-state index in [0.717, 1.165) is 50.8 Å². The number of sulfone groups is 1. The highest BCUT2D eigenvalue weighted by molar-refractivity contribution is 9.10. The van der Waals surface area contributed by atoms with Crippen LogP contribution in [0.15, 0.2) is 181 Å². The van der Waals surface area contributed by atoms with Gasteiger partial charge in [0.05, 0.1) is 76.3 Å². The smallest absolute Gasteiger partial charge is 0.266 e. The Hall–Kier alpha value is -7.66. The number of aromatic nitrogens is 3. The SMILES string of the molecule is COc1ccc(CN(c2nccs2)S(=O)(=O)c2ccc3c(c2)OCCN3)cc1.COc1ccccc1Br.COc1ccccc1N1CCOc2cc(S(=O)(=O)Cc3nccs3)ccc21.O=S(=O)(Nc1nccs1)c1ccc2c(c1)OCCN2. The Morgan fingerprint density at radius 2 is 1.22 bits per heavy atom. The van der Waals surface area contributed by atoms with Gasteiger partial charge in [0, 0.05) is 66.0 Å². The molecule has 0 atom stereocenters. The zero-order valence-corrected chi connectivity index (χ0v) is 51.2. The molecule has 0 aliphatic carbocycles. The Labute approximate surface area is 501 Å². The van der Waals surface area contributed by atoms with Crippen molar-refractivity contribution >= 4 is 113 Å². The van der Waals surface area contributed by atoms with Gasteiger partial charge in [-0.2, -0.15) is 0 Å². The highest BCUT2D eigenvalue weighted by atomic mass is 79.9. The van der Waals surface area contributed by atoms with Crippen LogP contribution < -0.4 is 53.0 Å². The maximum Gasteiger partial charge on any atom is 0.266 e. The fourth-order valence-corrected chi connectivity index (χ4v) is 15.1. The topological polar surface area (TPSA) is 239 Å². The van der Waals surface area contributed by atoms with Gasteiger partial charge in [-0.15, -0.1) is 34.0 Å². The molecule has 12 rings (SSSR count). The molecule has 6 aromatic carbocycles. The molecule has 3 aliphatic rings. The predicted octanol–water partition coefficient (Wildman–Crippen LogP) is 11.2. The predicted molar refractivity (Wildman–Crippen MR) is 328 cm³/mol. The lowest BCUT2D eigenvalue weighted by Gasteiger charge is -2.32. The van der Waals surface area contributed by atoms with Crippen molar-refractivity contribution in [1.82, 2.24) is 15.0 Å². The van der Waals surface area contributed by atoms with Gasteiger partial charge in [0.1, 0.15) is 65.1 Å². The Morgan fingerprint density at radius 1 is 0.614 bits per heavy atom. The van der Waals surface area contributed by atoms with E-state index in [1.807, 2.05) is 60.7 Å². The van der Waals surface area contributed by atoms with Gasteiger partial charge >= 0.3 is 0 Å². The van der Waals surface area contributed by atoms with Crippen molar-refractivity contribution in [2.75, 3.05) is 85.3 Å². The highest BCUT2D eigenvalue weighted by Gasteiger charge is 2.30. The summed E-state index contributed by atoms with van der Waals surface area (Å²) < 4.78 is 114. The second-order valence-corrected chi connectivity index (χ2v) is 26.7. The maximum atomic E-state index is 13.4. The first-order valence-corrected chi connectivity index (χ1v) is 33.2. The minimum absolute atomic E-state index is 0.111. The van der Waals surface area contributed by atoms with Crippen molar-refractivity contribution < 1.29 is 53.7 Å². The van der Waals surface area contributed by atoms with Gasteiger partial charge in [-0.25, -0.2) is 44.5 Å². The lowest BCUT2D eigenvalue weighted by atomic mass is 10.2. The van der Waals surface area contributed by atoms with Crippen molar-refractivity contribution in [1.29, 1.82) is 0 Å². The Kier molecular flexibility index (Phi) is 19.9. The van der Waals surface area contributed by atoms with Crippen molar-refractivity contribution in [3.05, 3.63) is 177 Å². The van der Waals surface area contributed by atoms with E-state index >= 15 is 0 Å². The summed E-state index contributed by atoms with van der Waals surface area (Å²) in [4.78, 5) is 14.8. The number of fused-ring (bicyclic) bond motifs is 3. The van der Waals surface area contributed by atoms with Crippen LogP contribution in [-0.2, 0) is 42.2 Å². The Morgan fingerprint density at radius 3 is 1.84 bits per heavy atom. The maximum absolute atomic E-state index is 13.4. The summed E-state index contributed by atoms with van der Waals surface area (Å²) >= 11 is 7.17. The summed E-state index contributed by atoms with van der Waals surface area (Å²) in [5.74, 6) is 3.87. The summed E-state index contributed by atoms with van der Waals surface area (Å²) in [6, 6.07) is 37.4. The average molecular weight is 1300 g/mol. The summed E-state index contributed by atoms with van der Waals surface area (Å²) in [7, 11) is -6.06. The molecule has 434 valence electrons. The monoisotopic (exact) mass is 1300 g/mol. The second kappa shape index (κ2) is 27.6. The zero-order chi connectivity index (χ0) is 58.4. The van der Waals surface area contributed by atoms with Gasteiger partial charge in [0.2, 0.25) is 0 Å². The first-order chi connectivity index (χ1) is 40.1. The molecule has 0 fully saturated rings. The van der Waals surface area contributed by atoms with Crippen molar-refractivity contribution in [2.24, 2.45) is 0 Å². The lowest BCUT2D eigenvalue weighted by molar-refractivity contribution is 0.312. The van der Waals surface area contributed by atoms with E-state index in [4.69, 9.17) is 28.4 Å². The third-order valence-electron chi connectivity index (χ3n) is 12.3. The average Bonchev–Trinajstić information content (AvgIpc) is 4.20. The molecular formula is C56H55BrN8O12S6. The summed E-state index contributed by atoms with van der Waals surface area (Å²) in [6.07, 6.45) is 4.75. The highest BCUT2D eigenvalue weighted by Crippen LogP contribution is 2.42. The number of methoxy groups -OCH3 is 3. The number of anilines is 6. The number of hydrogen-bond donors (Lipinski definition) is 3. The van der Waals surface area contributed by atoms with Gasteiger partial charge in [-0.3, -0.25) is 4.72 Å². The van der Waals surface area contributed by atoms with E-state index in [9.17, 15) is 25.3 Å². The van der Waals surface area contributed by atoms with Crippen LogP contribution in [0.4, 0.5) is 33.0 Å². The van der Waals surface area contributed by atoms with Gasteiger partial charge < -0.3 is 44.0 Å². The molecule has 3 aromatic heterocycles. The number of para-hydroxylation sites is 3. The van der Waals surface area contributed by atoms with Gasteiger partial charge in [-0.05, 0) is 94.3 Å². The molecule has 0 unspecified atom stereocenters. The van der Waals surface area contributed by atoms with E-state index in [-0.39, 0.29) is 27.0 Å². The third kappa shape index (κ3) is 15.1. The molecule has 0 bridgehead atoms. The summed E-state index contributed by atoms with van der Waals surface area (Å²) in [6.45, 7) is 3.71. The quantitative estimate of drug-likeness (QED) is 0.0864. The number of halogens is 1. The van der Waals surface area contributed by atoms with Crippen LogP contribution in [0.2, 0.25) is 0 Å². The molecule has 0 saturated carbocycles. The van der Waals surface area contributed by atoms with E-state index in [1.165, 1.54) is 50.4 Å². The summed E-state index contributed by atoms with van der Waals surface area (Å²) in [5, 5.41) is 12.9. The molecule has 0 saturated heterocycles. The number of hydrogen-bond acceptors (Lipinski definition) is 21. The minimum atomic E-state index is -3.83. The molecular weight excluding hydrogens is 1250 g/mol. The first kappa shape index (κ1) is 59.9. The van der Waals surface area contributed by atoms with Crippen LogP contribution >= 0.6 is 49.9 Å². The van der Waals surface area contributed by atoms with Gasteiger partial charge in [0.15, 0.2) is 20.1 Å². The van der Waals surface area contributed by atoms with Crippen LogP contribution in [0.5, 0.6) is 34.5 Å². The van der Waals surface area contributed by atoms with Gasteiger partial charge in [0.25, 0.3) is 20.0 Å². The van der Waals surface area contributed by atoms with Crippen molar-refractivity contribution in [3.8, 4) is 34.5 Å². The molecule has 6 heterocycles. The number of rotatable bonds is 15. The molecule has 0 radical (unpaired) electrons. The van der Waals surface area contributed by atoms with Crippen molar-refractivity contribution in [3.63, 3.8) is 0 Å². The normalized spacial score (nSPS) is 13.1. The van der Waals surface area contributed by atoms with Gasteiger partial charge in [-0.1, -0.05) is 36.4 Å². The number of sulfonamides is 2. The molecule has 3 N–H and O–H groups in total. The molecule has 27 heteroatoms. The van der Waals surface area contributed by atoms with Crippen molar-refractivity contribution in [2.45, 2.75) is 27.0 Å². The van der Waals surface area contributed by atoms with Crippen LogP contribution in [0.1, 0.15) is 10.6 Å². The largest absolute Gasteiger partial charge is 0.497 e. The molecule has 9 aromatic rings. The number of nitrogens with one attached hydrogen (secondary N) is 3. The summed E-state index contributed by atoms with van der Waals surface area (Å²) in [5.41, 5.74) is 4.16. The molecule has 20 nitrogen and oxygen atoms in total. The lowest BCUT2D eigenvalue weighted by Crippen LogP contribution is -2.30. The molecule has 3 aliphatic heterocycles. The van der Waals surface area contributed by atoms with Crippen LogP contribution in [0, 0.1) is 0 Å². The van der Waals surface area contributed by atoms with Crippen LogP contribution in [0.3, 0.4) is 0 Å². The number of thiazole rings is 3. The Balaban J connectivity index is 0.000000141. The Bertz CT molecular complexity index is 3940. The zero-order valence-electron chi connectivity index (χ0n) is 44.7. The second-order valence-electron chi connectivity index (χ2n) is 17.6. The first-order valence-electron chi connectivity index (χ1n) is 25.2. The third-order valence-corrected chi connectivity index (χ3v) is 20.3. The fraction of sp³-hybridized carbons (Fsp3) is 0.196. The van der Waals surface area contributed by atoms with E-state index in [1.54, 1.807) is 111 Å². The number of ether oxygens (including phenoxy) is 6. The molecule has 83 heavy (non-hydrogen) atoms. The van der Waals surface area contributed by atoms with E-state index in [2.05, 4.69) is 51.1 Å². The molecule has 0 amide bonds. The van der Waals surface area contributed by atoms with E-state index < -0.39 is 29.9 Å². The van der Waals surface area contributed by atoms with Crippen LogP contribution in [-0.4, -0.2) is 101 Å². The molecule has 0 spiro atoms. The fourth-order valence-electron chi connectivity index (χ4n) is 8.30. The standard InChI is InChI=1S/C19H19N3O4S2.C19H18N2O4S2.C11H11N3O3S2.C7H7BrO/c1-25-15-4-2-14(3-5-15)13-22(19-21-9-11-27-19)28(23,24)16-6-7-17-18(12-16)26-10-8-20-17;1-24-17-5-3-2-4-15(17)21-9-10-25-18-12-14(6-7-16(18)21)27(22,23)13-19-20-8-11-26-19;15-19(16,14-11-13-4-6-18-11)8-1-2-9-10(7-8)17-5-3-12-9;1-9-7-5-3-2-4-6(7)8/h2-7,9,11-12,20H,8,10,13H2,1H3;2-8,11-12H,9-10,13H2,1H3;1-2,4,6-7,12H,3,5H2,(H,13,14);2-5H,1H3. The van der Waals surface area contributed by atoms with Crippen LogP contribution in [0.25, 0.3) is 0 Å².